The molecule has 1 aliphatic rings. The Morgan fingerprint density at radius 1 is 1.38 bits per heavy atom. The molecule has 5 heteroatoms. The second-order valence-corrected chi connectivity index (χ2v) is 5.06. The summed E-state index contributed by atoms with van der Waals surface area (Å²) in [6, 6.07) is 0. The monoisotopic (exact) mass is 234 g/mol. The highest BCUT2D eigenvalue weighted by Crippen LogP contribution is 2.38. The Hall–Kier alpha value is -1.20. The summed E-state index contributed by atoms with van der Waals surface area (Å²) in [6.07, 6.45) is 5.27. The Balaban J connectivity index is 2.13. The third kappa shape index (κ3) is 1.47. The zero-order chi connectivity index (χ0) is 11.0. The van der Waals surface area contributed by atoms with Crippen LogP contribution in [-0.4, -0.2) is 23.1 Å². The lowest BCUT2D eigenvalue weighted by Crippen LogP contribution is -2.14. The van der Waals surface area contributed by atoms with Crippen molar-refractivity contribution >= 4 is 27.4 Å². The molecule has 4 nitrogen and oxygen atoms in total. The Morgan fingerprint density at radius 3 is 3.19 bits per heavy atom. The van der Waals surface area contributed by atoms with Crippen molar-refractivity contribution < 1.29 is 0 Å². The molecule has 0 saturated heterocycles. The lowest BCUT2D eigenvalue weighted by Gasteiger charge is -2.05. The van der Waals surface area contributed by atoms with Crippen LogP contribution in [0.2, 0.25) is 0 Å². The summed E-state index contributed by atoms with van der Waals surface area (Å²) in [6.45, 7) is 1.38. The second-order valence-electron chi connectivity index (χ2n) is 3.98. The number of thiophene rings is 1. The Kier molecular flexibility index (Phi) is 2.49. The van der Waals surface area contributed by atoms with E-state index in [0.717, 1.165) is 17.2 Å². The van der Waals surface area contributed by atoms with Gasteiger partial charge in [-0.15, -0.1) is 11.3 Å². The van der Waals surface area contributed by atoms with Crippen molar-refractivity contribution in [1.29, 1.82) is 0 Å². The van der Waals surface area contributed by atoms with Crippen molar-refractivity contribution in [1.82, 2.24) is 9.97 Å². The van der Waals surface area contributed by atoms with Gasteiger partial charge in [-0.25, -0.2) is 9.97 Å². The minimum Gasteiger partial charge on any atom is -0.368 e. The summed E-state index contributed by atoms with van der Waals surface area (Å²) in [5.74, 6) is 0.954. The highest BCUT2D eigenvalue weighted by molar-refractivity contribution is 7.19. The maximum Gasteiger partial charge on any atom is 0.138 e. The van der Waals surface area contributed by atoms with Crippen LogP contribution in [0.3, 0.4) is 0 Å². The zero-order valence-electron chi connectivity index (χ0n) is 8.99. The molecule has 2 aromatic heterocycles. The second kappa shape index (κ2) is 3.99. The van der Waals surface area contributed by atoms with E-state index in [1.165, 1.54) is 35.1 Å². The number of nitrogens with one attached hydrogen (secondary N) is 1. The molecule has 0 amide bonds. The van der Waals surface area contributed by atoms with Gasteiger partial charge in [0.2, 0.25) is 0 Å². The Morgan fingerprint density at radius 2 is 2.31 bits per heavy atom. The average Bonchev–Trinajstić information content (AvgIpc) is 2.85. The fourth-order valence-electron chi connectivity index (χ4n) is 2.25. The van der Waals surface area contributed by atoms with Crippen LogP contribution in [0.5, 0.6) is 0 Å². The number of nitrogens with two attached hydrogens (primary N) is 1. The number of rotatable bonds is 3. The molecule has 16 heavy (non-hydrogen) atoms. The summed E-state index contributed by atoms with van der Waals surface area (Å²) in [5.41, 5.74) is 6.96. The molecular weight excluding hydrogens is 220 g/mol. The SMILES string of the molecule is NCCNc1ncnc2sc3c(c12)CCC3. The lowest BCUT2D eigenvalue weighted by molar-refractivity contribution is 0.917. The van der Waals surface area contributed by atoms with E-state index in [-0.39, 0.29) is 0 Å². The van der Waals surface area contributed by atoms with Gasteiger partial charge in [0.1, 0.15) is 17.0 Å². The zero-order valence-corrected chi connectivity index (χ0v) is 9.81. The third-order valence-electron chi connectivity index (χ3n) is 2.94. The van der Waals surface area contributed by atoms with Gasteiger partial charge in [0.05, 0.1) is 5.39 Å². The van der Waals surface area contributed by atoms with Crippen LogP contribution in [-0.2, 0) is 12.8 Å². The summed E-state index contributed by atoms with van der Waals surface area (Å²) in [7, 11) is 0. The van der Waals surface area contributed by atoms with Gasteiger partial charge in [-0.1, -0.05) is 0 Å². The molecule has 0 aromatic carbocycles. The van der Waals surface area contributed by atoms with E-state index in [1.807, 2.05) is 11.3 Å². The van der Waals surface area contributed by atoms with Crippen LogP contribution in [0.25, 0.3) is 10.2 Å². The first-order chi connectivity index (χ1) is 7.90. The first-order valence-corrected chi connectivity index (χ1v) is 6.41. The van der Waals surface area contributed by atoms with E-state index in [4.69, 9.17) is 5.73 Å². The normalized spacial score (nSPS) is 14.3. The van der Waals surface area contributed by atoms with Gasteiger partial charge in [-0.05, 0) is 24.8 Å². The molecule has 3 N–H and O–H groups in total. The molecule has 0 saturated carbocycles. The van der Waals surface area contributed by atoms with Crippen molar-refractivity contribution in [3.8, 4) is 0 Å². The first-order valence-electron chi connectivity index (χ1n) is 5.59. The topological polar surface area (TPSA) is 63.8 Å². The minimum absolute atomic E-state index is 0.623. The Labute approximate surface area is 97.9 Å². The molecule has 0 spiro atoms. The molecular formula is C11H14N4S. The molecule has 0 atom stereocenters. The van der Waals surface area contributed by atoms with Crippen LogP contribution >= 0.6 is 11.3 Å². The van der Waals surface area contributed by atoms with Crippen molar-refractivity contribution in [2.75, 3.05) is 18.4 Å². The quantitative estimate of drug-likeness (QED) is 0.845. The maximum absolute atomic E-state index is 5.51. The van der Waals surface area contributed by atoms with Gasteiger partial charge in [0.15, 0.2) is 0 Å². The van der Waals surface area contributed by atoms with Gasteiger partial charge in [0, 0.05) is 18.0 Å². The molecule has 0 unspecified atom stereocenters. The molecule has 1 aliphatic carbocycles. The number of aromatic nitrogens is 2. The molecule has 0 radical (unpaired) electrons. The smallest absolute Gasteiger partial charge is 0.138 e. The van der Waals surface area contributed by atoms with E-state index >= 15 is 0 Å². The van der Waals surface area contributed by atoms with Gasteiger partial charge in [0.25, 0.3) is 0 Å². The number of aryl methyl sites for hydroxylation is 2. The van der Waals surface area contributed by atoms with Gasteiger partial charge < -0.3 is 11.1 Å². The number of anilines is 1. The van der Waals surface area contributed by atoms with Crippen LogP contribution in [0.4, 0.5) is 5.82 Å². The van der Waals surface area contributed by atoms with E-state index in [0.29, 0.717) is 6.54 Å². The van der Waals surface area contributed by atoms with Gasteiger partial charge in [-0.2, -0.15) is 0 Å². The van der Waals surface area contributed by atoms with E-state index < -0.39 is 0 Å². The van der Waals surface area contributed by atoms with Crippen molar-refractivity contribution in [2.45, 2.75) is 19.3 Å². The minimum atomic E-state index is 0.623. The van der Waals surface area contributed by atoms with Gasteiger partial charge >= 0.3 is 0 Å². The summed E-state index contributed by atoms with van der Waals surface area (Å²) in [4.78, 5) is 11.3. The van der Waals surface area contributed by atoms with Gasteiger partial charge in [-0.3, -0.25) is 0 Å². The molecule has 0 aliphatic heterocycles. The fraction of sp³-hybridized carbons (Fsp3) is 0.455. The molecule has 0 bridgehead atoms. The molecule has 3 rings (SSSR count). The van der Waals surface area contributed by atoms with Crippen LogP contribution < -0.4 is 11.1 Å². The van der Waals surface area contributed by atoms with Crippen molar-refractivity contribution in [2.24, 2.45) is 5.73 Å². The van der Waals surface area contributed by atoms with E-state index in [1.54, 1.807) is 6.33 Å². The van der Waals surface area contributed by atoms with E-state index in [9.17, 15) is 0 Å². The average molecular weight is 234 g/mol. The molecule has 2 aromatic rings. The summed E-state index contributed by atoms with van der Waals surface area (Å²) in [5, 5.41) is 4.51. The Bertz CT molecular complexity index is 520. The first kappa shape index (κ1) is 9.99. The molecule has 2 heterocycles. The summed E-state index contributed by atoms with van der Waals surface area (Å²) >= 11 is 1.81. The van der Waals surface area contributed by atoms with Crippen LogP contribution in [0.1, 0.15) is 16.9 Å². The fourth-order valence-corrected chi connectivity index (χ4v) is 3.48. The predicted molar refractivity (Wildman–Crippen MR) is 67.0 cm³/mol. The molecule has 84 valence electrons. The number of fused-ring (bicyclic) bond motifs is 3. The maximum atomic E-state index is 5.51. The van der Waals surface area contributed by atoms with E-state index in [2.05, 4.69) is 15.3 Å². The third-order valence-corrected chi connectivity index (χ3v) is 4.14. The largest absolute Gasteiger partial charge is 0.368 e. The number of nitrogens with zero attached hydrogens (tertiary/aromatic N) is 2. The van der Waals surface area contributed by atoms with Crippen LogP contribution in [0.15, 0.2) is 6.33 Å². The van der Waals surface area contributed by atoms with Crippen LogP contribution in [0, 0.1) is 0 Å². The molecule has 0 fully saturated rings. The summed E-state index contributed by atoms with van der Waals surface area (Å²) < 4.78 is 0. The van der Waals surface area contributed by atoms with Crippen molar-refractivity contribution in [3.63, 3.8) is 0 Å². The van der Waals surface area contributed by atoms with Crippen molar-refractivity contribution in [3.05, 3.63) is 16.8 Å². The standard InChI is InChI=1S/C11H14N4S/c12-4-5-13-10-9-7-2-1-3-8(7)16-11(9)15-6-14-10/h6H,1-5,12H2,(H,13,14,15). The highest BCUT2D eigenvalue weighted by atomic mass is 32.1. The number of hydrogen-bond acceptors (Lipinski definition) is 5. The highest BCUT2D eigenvalue weighted by Gasteiger charge is 2.20. The predicted octanol–water partition coefficient (Wildman–Crippen LogP) is 1.55. The lowest BCUT2D eigenvalue weighted by atomic mass is 10.2. The number of hydrogen-bond donors (Lipinski definition) is 2.